The number of aliphatic hydroxyl groups is 1. The van der Waals surface area contributed by atoms with Gasteiger partial charge in [-0.25, -0.2) is 18.3 Å². The lowest BCUT2D eigenvalue weighted by Gasteiger charge is -2.13. The number of aromatic nitrogens is 3. The molecule has 0 unspecified atom stereocenters. The first-order valence-electron chi connectivity index (χ1n) is 7.37. The molecule has 0 saturated carbocycles. The zero-order chi connectivity index (χ0) is 17.1. The van der Waals surface area contributed by atoms with Crippen LogP contribution in [0.2, 0.25) is 0 Å². The van der Waals surface area contributed by atoms with Gasteiger partial charge in [0.25, 0.3) is 0 Å². The van der Waals surface area contributed by atoms with Crippen molar-refractivity contribution in [2.45, 2.75) is 23.9 Å². The molecule has 0 radical (unpaired) electrons. The molecule has 3 rings (SSSR count). The van der Waals surface area contributed by atoms with Gasteiger partial charge >= 0.3 is 0 Å². The number of hydrogen-bond donors (Lipinski definition) is 2. The van der Waals surface area contributed by atoms with E-state index in [2.05, 4.69) is 15.4 Å². The van der Waals surface area contributed by atoms with Gasteiger partial charge in [-0.1, -0.05) is 23.9 Å². The largest absolute Gasteiger partial charge is 0.394 e. The molecule has 0 bridgehead atoms. The van der Waals surface area contributed by atoms with Crippen molar-refractivity contribution < 1.29 is 13.9 Å². The van der Waals surface area contributed by atoms with Crippen LogP contribution in [0.4, 0.5) is 14.6 Å². The minimum Gasteiger partial charge on any atom is -0.394 e. The van der Waals surface area contributed by atoms with Gasteiger partial charge in [-0.05, 0) is 25.1 Å². The summed E-state index contributed by atoms with van der Waals surface area (Å²) in [6.07, 6.45) is 1.78. The molecule has 0 aliphatic heterocycles. The fourth-order valence-corrected chi connectivity index (χ4v) is 2.97. The van der Waals surface area contributed by atoms with E-state index in [4.69, 9.17) is 0 Å². The summed E-state index contributed by atoms with van der Waals surface area (Å²) in [4.78, 5) is 4.42. The van der Waals surface area contributed by atoms with E-state index in [9.17, 15) is 13.9 Å². The van der Waals surface area contributed by atoms with Crippen LogP contribution in [0.25, 0.3) is 5.52 Å². The maximum Gasteiger partial charge on any atom is 0.209 e. The molecule has 24 heavy (non-hydrogen) atoms. The Morgan fingerprint density at radius 1 is 1.29 bits per heavy atom. The van der Waals surface area contributed by atoms with E-state index in [1.165, 1.54) is 23.9 Å². The summed E-state index contributed by atoms with van der Waals surface area (Å²) in [7, 11) is 0. The van der Waals surface area contributed by atoms with Crippen LogP contribution in [0.3, 0.4) is 0 Å². The molecular weight excluding hydrogens is 334 g/mol. The summed E-state index contributed by atoms with van der Waals surface area (Å²) in [5.41, 5.74) is 1.03. The molecule has 0 aliphatic rings. The fourth-order valence-electron chi connectivity index (χ4n) is 2.16. The first kappa shape index (κ1) is 16.7. The number of benzene rings is 1. The van der Waals surface area contributed by atoms with Crippen LogP contribution in [-0.4, -0.2) is 32.4 Å². The summed E-state index contributed by atoms with van der Waals surface area (Å²) >= 11 is 1.21. The quantitative estimate of drug-likeness (QED) is 0.669. The van der Waals surface area contributed by atoms with Crippen molar-refractivity contribution in [1.29, 1.82) is 0 Å². The van der Waals surface area contributed by atoms with E-state index in [0.29, 0.717) is 11.0 Å². The molecule has 8 heteroatoms. The fraction of sp³-hybridized carbons (Fsp3) is 0.250. The lowest BCUT2D eigenvalue weighted by molar-refractivity contribution is 0.281. The highest BCUT2D eigenvalue weighted by Crippen LogP contribution is 2.25. The van der Waals surface area contributed by atoms with Gasteiger partial charge in [0, 0.05) is 23.6 Å². The van der Waals surface area contributed by atoms with Crippen LogP contribution in [0.5, 0.6) is 0 Å². The number of halogens is 2. The molecule has 2 heterocycles. The Balaban J connectivity index is 1.85. The Kier molecular flexibility index (Phi) is 4.96. The Morgan fingerprint density at radius 2 is 2.12 bits per heavy atom. The molecule has 126 valence electrons. The molecule has 1 aromatic carbocycles. The first-order chi connectivity index (χ1) is 11.6. The van der Waals surface area contributed by atoms with Crippen molar-refractivity contribution in [3.05, 3.63) is 53.7 Å². The van der Waals surface area contributed by atoms with E-state index in [0.717, 1.165) is 11.6 Å². The topological polar surface area (TPSA) is 62.5 Å². The summed E-state index contributed by atoms with van der Waals surface area (Å²) in [6, 6.07) is 7.61. The molecule has 2 N–H and O–H groups in total. The minimum atomic E-state index is -0.867. The molecular formula is C16H16F2N4OS. The smallest absolute Gasteiger partial charge is 0.209 e. The predicted molar refractivity (Wildman–Crippen MR) is 89.1 cm³/mol. The SMILES string of the molecule is C[C@H](CO)Nc1nc(SCc2cccc(F)c2F)nn2cccc12. The molecule has 0 spiro atoms. The summed E-state index contributed by atoms with van der Waals surface area (Å²) in [5, 5.41) is 17.1. The van der Waals surface area contributed by atoms with Gasteiger partial charge < -0.3 is 10.4 Å². The van der Waals surface area contributed by atoms with Crippen LogP contribution in [0.15, 0.2) is 41.7 Å². The molecule has 3 aromatic rings. The van der Waals surface area contributed by atoms with Gasteiger partial charge in [0.1, 0.15) is 5.52 Å². The van der Waals surface area contributed by atoms with E-state index in [1.54, 1.807) is 10.7 Å². The molecule has 0 fully saturated rings. The predicted octanol–water partition coefficient (Wildman–Crippen LogP) is 3.09. The second kappa shape index (κ2) is 7.14. The number of rotatable bonds is 6. The van der Waals surface area contributed by atoms with E-state index in [1.807, 2.05) is 19.1 Å². The Hall–Kier alpha value is -2.19. The van der Waals surface area contributed by atoms with Crippen LogP contribution in [0.1, 0.15) is 12.5 Å². The third-order valence-electron chi connectivity index (χ3n) is 3.42. The second-order valence-electron chi connectivity index (χ2n) is 5.31. The van der Waals surface area contributed by atoms with Crippen LogP contribution >= 0.6 is 11.8 Å². The van der Waals surface area contributed by atoms with Crippen molar-refractivity contribution >= 4 is 23.1 Å². The summed E-state index contributed by atoms with van der Waals surface area (Å²) in [6.45, 7) is 1.80. The number of hydrogen-bond acceptors (Lipinski definition) is 5. The monoisotopic (exact) mass is 350 g/mol. The zero-order valence-corrected chi connectivity index (χ0v) is 13.7. The van der Waals surface area contributed by atoms with Gasteiger partial charge in [0.05, 0.1) is 6.61 Å². The van der Waals surface area contributed by atoms with E-state index >= 15 is 0 Å². The summed E-state index contributed by atoms with van der Waals surface area (Å²) < 4.78 is 28.7. The number of nitrogens with zero attached hydrogens (tertiary/aromatic N) is 3. The highest BCUT2D eigenvalue weighted by Gasteiger charge is 2.12. The number of thioether (sulfide) groups is 1. The number of nitrogens with one attached hydrogen (secondary N) is 1. The zero-order valence-electron chi connectivity index (χ0n) is 12.9. The van der Waals surface area contributed by atoms with Crippen molar-refractivity contribution in [1.82, 2.24) is 14.6 Å². The van der Waals surface area contributed by atoms with Crippen LogP contribution < -0.4 is 5.32 Å². The highest BCUT2D eigenvalue weighted by molar-refractivity contribution is 7.98. The third kappa shape index (κ3) is 3.49. The van der Waals surface area contributed by atoms with E-state index < -0.39 is 11.6 Å². The lowest BCUT2D eigenvalue weighted by Crippen LogP contribution is -2.21. The Labute approximate surface area is 141 Å². The average molecular weight is 350 g/mol. The van der Waals surface area contributed by atoms with Gasteiger partial charge in [0.2, 0.25) is 5.16 Å². The van der Waals surface area contributed by atoms with Gasteiger partial charge in [-0.15, -0.1) is 5.10 Å². The molecule has 0 saturated heterocycles. The standard InChI is InChI=1S/C16H16F2N4OS/c1-10(8-23)19-15-13-6-3-7-22(13)21-16(20-15)24-9-11-4-2-5-12(17)14(11)18/h2-7,10,23H,8-9H2,1H3,(H,19,20,21)/t10-/m1/s1. The highest BCUT2D eigenvalue weighted by atomic mass is 32.2. The minimum absolute atomic E-state index is 0.0339. The number of fused-ring (bicyclic) bond motifs is 1. The second-order valence-corrected chi connectivity index (χ2v) is 6.25. The van der Waals surface area contributed by atoms with Gasteiger partial charge in [0.15, 0.2) is 17.5 Å². The normalized spacial score (nSPS) is 12.5. The van der Waals surface area contributed by atoms with E-state index in [-0.39, 0.29) is 24.0 Å². The van der Waals surface area contributed by atoms with Crippen molar-refractivity contribution in [2.75, 3.05) is 11.9 Å². The van der Waals surface area contributed by atoms with Crippen LogP contribution in [-0.2, 0) is 5.75 Å². The average Bonchev–Trinajstić information content (AvgIpc) is 3.05. The third-order valence-corrected chi connectivity index (χ3v) is 4.30. The molecule has 1 atom stereocenters. The molecule has 2 aromatic heterocycles. The first-order valence-corrected chi connectivity index (χ1v) is 8.35. The Morgan fingerprint density at radius 3 is 2.92 bits per heavy atom. The van der Waals surface area contributed by atoms with Crippen molar-refractivity contribution in [3.8, 4) is 0 Å². The molecule has 0 amide bonds. The Bertz CT molecular complexity index is 855. The maximum absolute atomic E-state index is 13.7. The van der Waals surface area contributed by atoms with Gasteiger partial charge in [-0.3, -0.25) is 0 Å². The number of aliphatic hydroxyl groups excluding tert-OH is 1. The molecule has 5 nitrogen and oxygen atoms in total. The van der Waals surface area contributed by atoms with Crippen molar-refractivity contribution in [2.24, 2.45) is 0 Å². The molecule has 0 aliphatic carbocycles. The van der Waals surface area contributed by atoms with Crippen molar-refractivity contribution in [3.63, 3.8) is 0 Å². The maximum atomic E-state index is 13.7. The number of anilines is 1. The van der Waals surface area contributed by atoms with Gasteiger partial charge in [-0.2, -0.15) is 0 Å². The lowest BCUT2D eigenvalue weighted by atomic mass is 10.2. The summed E-state index contributed by atoms with van der Waals surface area (Å²) in [5.74, 6) is -0.919. The van der Waals surface area contributed by atoms with Crippen LogP contribution in [0, 0.1) is 11.6 Å².